The summed E-state index contributed by atoms with van der Waals surface area (Å²) in [7, 11) is 0. The molecule has 1 heterocycles. The third-order valence-corrected chi connectivity index (χ3v) is 4.21. The highest BCUT2D eigenvalue weighted by Gasteiger charge is 2.20. The van der Waals surface area contributed by atoms with Crippen molar-refractivity contribution in [3.63, 3.8) is 0 Å². The summed E-state index contributed by atoms with van der Waals surface area (Å²) >= 11 is 0. The molecule has 1 aromatic heterocycles. The maximum absolute atomic E-state index is 11.9. The van der Waals surface area contributed by atoms with E-state index in [9.17, 15) is 4.79 Å². The fraction of sp³-hybridized carbons (Fsp3) is 0.368. The Morgan fingerprint density at radius 3 is 2.67 bits per heavy atom. The predicted octanol–water partition coefficient (Wildman–Crippen LogP) is 3.05. The maximum Gasteiger partial charge on any atom is 0.315 e. The molecular weight excluding hydrogens is 302 g/mol. The van der Waals surface area contributed by atoms with Gasteiger partial charge in [-0.3, -0.25) is 4.98 Å². The fourth-order valence-corrected chi connectivity index (χ4v) is 2.54. The van der Waals surface area contributed by atoms with E-state index in [0.717, 1.165) is 36.1 Å². The first kappa shape index (κ1) is 16.3. The van der Waals surface area contributed by atoms with Gasteiger partial charge in [0.25, 0.3) is 0 Å². The Balaban J connectivity index is 1.42. The second-order valence-corrected chi connectivity index (χ2v) is 5.99. The summed E-state index contributed by atoms with van der Waals surface area (Å²) in [4.78, 5) is 15.9. The Hall–Kier alpha value is -2.56. The summed E-state index contributed by atoms with van der Waals surface area (Å²) < 4.78 is 5.98. The van der Waals surface area contributed by atoms with Crippen molar-refractivity contribution in [2.24, 2.45) is 0 Å². The molecule has 5 heteroatoms. The molecule has 24 heavy (non-hydrogen) atoms. The highest BCUT2D eigenvalue weighted by molar-refractivity contribution is 5.73. The second kappa shape index (κ2) is 8.34. The molecule has 1 saturated carbocycles. The summed E-state index contributed by atoms with van der Waals surface area (Å²) in [6.07, 6.45) is 8.12. The first-order chi connectivity index (χ1) is 11.8. The van der Waals surface area contributed by atoms with Crippen LogP contribution < -0.4 is 15.4 Å². The van der Waals surface area contributed by atoms with Crippen LogP contribution in [0.5, 0.6) is 5.75 Å². The lowest BCUT2D eigenvalue weighted by atomic mass is 9.96. The van der Waals surface area contributed by atoms with Crippen molar-refractivity contribution in [3.8, 4) is 5.75 Å². The lowest BCUT2D eigenvalue weighted by Crippen LogP contribution is -2.36. The normalized spacial score (nSPS) is 13.8. The molecule has 0 spiro atoms. The van der Waals surface area contributed by atoms with Gasteiger partial charge in [0.1, 0.15) is 5.75 Å². The Morgan fingerprint density at radius 2 is 1.92 bits per heavy atom. The van der Waals surface area contributed by atoms with Crippen molar-refractivity contribution >= 4 is 6.03 Å². The van der Waals surface area contributed by atoms with Crippen LogP contribution in [0.25, 0.3) is 0 Å². The zero-order chi connectivity index (χ0) is 16.6. The van der Waals surface area contributed by atoms with E-state index in [1.54, 1.807) is 12.4 Å². The van der Waals surface area contributed by atoms with E-state index in [2.05, 4.69) is 15.6 Å². The topological polar surface area (TPSA) is 63.2 Å². The number of pyridine rings is 1. The van der Waals surface area contributed by atoms with Crippen LogP contribution in [0.15, 0.2) is 48.8 Å². The Labute approximate surface area is 142 Å². The van der Waals surface area contributed by atoms with Gasteiger partial charge in [-0.1, -0.05) is 18.2 Å². The summed E-state index contributed by atoms with van der Waals surface area (Å²) in [6.45, 7) is 1.06. The van der Waals surface area contributed by atoms with Gasteiger partial charge in [-0.25, -0.2) is 4.79 Å². The maximum atomic E-state index is 11.9. The number of urea groups is 1. The molecule has 1 aliphatic carbocycles. The molecule has 3 rings (SSSR count). The molecule has 0 radical (unpaired) electrons. The Morgan fingerprint density at radius 1 is 1.12 bits per heavy atom. The molecule has 2 amide bonds. The summed E-state index contributed by atoms with van der Waals surface area (Å²) in [5, 5.41) is 5.77. The molecule has 2 aromatic rings. The van der Waals surface area contributed by atoms with E-state index in [1.165, 1.54) is 6.42 Å². The quantitative estimate of drug-likeness (QED) is 0.822. The van der Waals surface area contributed by atoms with Crippen molar-refractivity contribution in [1.82, 2.24) is 15.6 Å². The zero-order valence-electron chi connectivity index (χ0n) is 13.7. The minimum Gasteiger partial charge on any atom is -0.490 e. The van der Waals surface area contributed by atoms with E-state index in [4.69, 9.17) is 4.74 Å². The Bertz CT molecular complexity index is 657. The highest BCUT2D eigenvalue weighted by Crippen LogP contribution is 2.27. The average Bonchev–Trinajstić information content (AvgIpc) is 2.58. The highest BCUT2D eigenvalue weighted by atomic mass is 16.5. The number of benzene rings is 1. The molecule has 0 atom stereocenters. The van der Waals surface area contributed by atoms with Crippen LogP contribution in [0.1, 0.15) is 30.4 Å². The molecule has 0 bridgehead atoms. The molecule has 1 aliphatic rings. The van der Waals surface area contributed by atoms with Crippen LogP contribution in [0.2, 0.25) is 0 Å². The van der Waals surface area contributed by atoms with Gasteiger partial charge in [-0.15, -0.1) is 0 Å². The van der Waals surface area contributed by atoms with Crippen LogP contribution in [0.4, 0.5) is 4.79 Å². The van der Waals surface area contributed by atoms with Crippen molar-refractivity contribution in [2.75, 3.05) is 6.54 Å². The largest absolute Gasteiger partial charge is 0.490 e. The number of ether oxygens (including phenoxy) is 1. The summed E-state index contributed by atoms with van der Waals surface area (Å²) in [5.74, 6) is 0.874. The van der Waals surface area contributed by atoms with Gasteiger partial charge < -0.3 is 15.4 Å². The van der Waals surface area contributed by atoms with Gasteiger partial charge in [0.15, 0.2) is 0 Å². The van der Waals surface area contributed by atoms with E-state index in [0.29, 0.717) is 19.2 Å². The van der Waals surface area contributed by atoms with Gasteiger partial charge in [0, 0.05) is 31.0 Å². The van der Waals surface area contributed by atoms with Crippen LogP contribution in [0, 0.1) is 0 Å². The summed E-state index contributed by atoms with van der Waals surface area (Å²) in [5.41, 5.74) is 2.17. The number of carbonyl (C=O) groups is 1. The molecule has 1 fully saturated rings. The van der Waals surface area contributed by atoms with Crippen molar-refractivity contribution in [1.29, 1.82) is 0 Å². The number of amides is 2. The smallest absolute Gasteiger partial charge is 0.315 e. The third kappa shape index (κ3) is 4.72. The van der Waals surface area contributed by atoms with Crippen LogP contribution in [-0.2, 0) is 13.0 Å². The number of hydrogen-bond acceptors (Lipinski definition) is 3. The van der Waals surface area contributed by atoms with Crippen LogP contribution in [-0.4, -0.2) is 23.7 Å². The first-order valence-electron chi connectivity index (χ1n) is 8.46. The van der Waals surface area contributed by atoms with Gasteiger partial charge >= 0.3 is 6.03 Å². The van der Waals surface area contributed by atoms with Gasteiger partial charge in [-0.2, -0.15) is 0 Å². The van der Waals surface area contributed by atoms with Gasteiger partial charge in [-0.05, 0) is 49.4 Å². The minimum absolute atomic E-state index is 0.164. The van der Waals surface area contributed by atoms with Crippen LogP contribution in [0.3, 0.4) is 0 Å². The molecule has 2 N–H and O–H groups in total. The number of aromatic nitrogens is 1. The molecule has 0 saturated heterocycles. The van der Waals surface area contributed by atoms with Crippen molar-refractivity contribution in [2.45, 2.75) is 38.3 Å². The van der Waals surface area contributed by atoms with Gasteiger partial charge in [0.05, 0.1) is 6.10 Å². The average molecular weight is 325 g/mol. The number of para-hydroxylation sites is 1. The molecule has 1 aromatic carbocycles. The molecule has 0 aliphatic heterocycles. The number of nitrogens with zero attached hydrogens (tertiary/aromatic N) is 1. The third-order valence-electron chi connectivity index (χ3n) is 4.21. The lowest BCUT2D eigenvalue weighted by Gasteiger charge is -2.27. The SMILES string of the molecule is O=C(NCCc1ccncc1)NCc1ccccc1OC1CCC1. The second-order valence-electron chi connectivity index (χ2n) is 5.99. The number of hydrogen-bond donors (Lipinski definition) is 2. The predicted molar refractivity (Wildman–Crippen MR) is 92.9 cm³/mol. The molecular formula is C19H23N3O2. The minimum atomic E-state index is -0.164. The fourth-order valence-electron chi connectivity index (χ4n) is 2.54. The van der Waals surface area contributed by atoms with Gasteiger partial charge in [0.2, 0.25) is 0 Å². The molecule has 0 unspecified atom stereocenters. The number of rotatable bonds is 7. The zero-order valence-corrected chi connectivity index (χ0v) is 13.7. The molecule has 5 nitrogen and oxygen atoms in total. The van der Waals surface area contributed by atoms with E-state index in [1.807, 2.05) is 36.4 Å². The van der Waals surface area contributed by atoms with E-state index >= 15 is 0 Å². The monoisotopic (exact) mass is 325 g/mol. The number of nitrogens with one attached hydrogen (secondary N) is 2. The van der Waals surface area contributed by atoms with Crippen LogP contribution >= 0.6 is 0 Å². The first-order valence-corrected chi connectivity index (χ1v) is 8.46. The Kier molecular flexibility index (Phi) is 5.66. The van der Waals surface area contributed by atoms with E-state index in [-0.39, 0.29) is 6.03 Å². The number of carbonyl (C=O) groups excluding carboxylic acids is 1. The standard InChI is InChI=1S/C19H23N3O2/c23-19(21-13-10-15-8-11-20-12-9-15)22-14-16-4-1-2-7-18(16)24-17-5-3-6-17/h1-2,4,7-9,11-12,17H,3,5-6,10,13-14H2,(H2,21,22,23). The van der Waals surface area contributed by atoms with E-state index < -0.39 is 0 Å². The summed E-state index contributed by atoms with van der Waals surface area (Å²) in [6, 6.07) is 11.6. The molecule has 126 valence electrons. The van der Waals surface area contributed by atoms with Crippen molar-refractivity contribution in [3.05, 3.63) is 59.9 Å². The lowest BCUT2D eigenvalue weighted by molar-refractivity contribution is 0.119. The van der Waals surface area contributed by atoms with Crippen molar-refractivity contribution < 1.29 is 9.53 Å².